The SMILES string of the molecule is COCCN=C(N)NC(=S)NCCc1ncccc1C. The fourth-order valence-corrected chi connectivity index (χ4v) is 1.74. The molecule has 0 aromatic carbocycles. The Kier molecular flexibility index (Phi) is 7.52. The van der Waals surface area contributed by atoms with Gasteiger partial charge in [-0.2, -0.15) is 0 Å². The van der Waals surface area contributed by atoms with Crippen molar-refractivity contribution in [2.75, 3.05) is 26.8 Å². The molecule has 0 saturated heterocycles. The van der Waals surface area contributed by atoms with E-state index in [2.05, 4.69) is 20.6 Å². The highest BCUT2D eigenvalue weighted by atomic mass is 32.1. The Hall–Kier alpha value is -1.73. The van der Waals surface area contributed by atoms with E-state index in [1.54, 1.807) is 13.3 Å². The molecular formula is C13H21N5OS. The predicted molar refractivity (Wildman–Crippen MR) is 84.8 cm³/mol. The van der Waals surface area contributed by atoms with Gasteiger partial charge < -0.3 is 21.1 Å². The Morgan fingerprint density at radius 2 is 2.35 bits per heavy atom. The fourth-order valence-electron chi connectivity index (χ4n) is 1.53. The predicted octanol–water partition coefficient (Wildman–Crippen LogP) is 0.358. The summed E-state index contributed by atoms with van der Waals surface area (Å²) in [5.74, 6) is 0.286. The third-order valence-corrected chi connectivity index (χ3v) is 2.83. The van der Waals surface area contributed by atoms with Crippen LogP contribution in [0, 0.1) is 6.92 Å². The van der Waals surface area contributed by atoms with E-state index in [4.69, 9.17) is 22.7 Å². The third-order valence-electron chi connectivity index (χ3n) is 2.58. The fraction of sp³-hybridized carbons (Fsp3) is 0.462. The minimum Gasteiger partial charge on any atom is -0.383 e. The lowest BCUT2D eigenvalue weighted by atomic mass is 10.2. The first-order valence-corrected chi connectivity index (χ1v) is 6.78. The summed E-state index contributed by atoms with van der Waals surface area (Å²) >= 11 is 5.12. The number of thiocarbonyl (C=S) groups is 1. The first kappa shape index (κ1) is 16.3. The number of nitrogens with one attached hydrogen (secondary N) is 2. The van der Waals surface area contributed by atoms with E-state index in [-0.39, 0.29) is 5.96 Å². The molecule has 0 aliphatic heterocycles. The normalized spacial score (nSPS) is 11.2. The minimum absolute atomic E-state index is 0.286. The van der Waals surface area contributed by atoms with Gasteiger partial charge in [0.15, 0.2) is 11.1 Å². The lowest BCUT2D eigenvalue weighted by Gasteiger charge is -2.10. The molecule has 0 aliphatic carbocycles. The smallest absolute Gasteiger partial charge is 0.194 e. The molecule has 0 spiro atoms. The number of aryl methyl sites for hydroxylation is 1. The maximum absolute atomic E-state index is 5.67. The van der Waals surface area contributed by atoms with E-state index in [9.17, 15) is 0 Å². The van der Waals surface area contributed by atoms with Crippen molar-refractivity contribution >= 4 is 23.3 Å². The van der Waals surface area contributed by atoms with Gasteiger partial charge in [0.25, 0.3) is 0 Å². The maximum Gasteiger partial charge on any atom is 0.194 e. The molecule has 0 aliphatic rings. The first-order valence-electron chi connectivity index (χ1n) is 6.37. The molecular weight excluding hydrogens is 274 g/mol. The van der Waals surface area contributed by atoms with Crippen molar-refractivity contribution in [3.63, 3.8) is 0 Å². The summed E-state index contributed by atoms with van der Waals surface area (Å²) in [5, 5.41) is 6.34. The van der Waals surface area contributed by atoms with Crippen LogP contribution in [0.5, 0.6) is 0 Å². The number of hydrogen-bond acceptors (Lipinski definition) is 4. The molecule has 0 radical (unpaired) electrons. The summed E-state index contributed by atoms with van der Waals surface area (Å²) in [4.78, 5) is 8.37. The maximum atomic E-state index is 5.67. The van der Waals surface area contributed by atoms with Crippen LogP contribution in [0.25, 0.3) is 0 Å². The highest BCUT2D eigenvalue weighted by Crippen LogP contribution is 2.02. The standard InChI is InChI=1S/C13H21N5OS/c1-10-4-3-6-15-11(10)5-7-17-13(20)18-12(14)16-8-9-19-2/h3-4,6H,5,7-9H2,1-2H3,(H4,14,16,17,18,20). The second-order valence-corrected chi connectivity index (χ2v) is 4.57. The van der Waals surface area contributed by atoms with Gasteiger partial charge in [0.05, 0.1) is 13.2 Å². The van der Waals surface area contributed by atoms with Crippen molar-refractivity contribution in [3.05, 3.63) is 29.6 Å². The number of pyridine rings is 1. The van der Waals surface area contributed by atoms with Crippen LogP contribution in [0.2, 0.25) is 0 Å². The molecule has 0 saturated carbocycles. The van der Waals surface area contributed by atoms with Crippen LogP contribution in [0.4, 0.5) is 0 Å². The second kappa shape index (κ2) is 9.22. The summed E-state index contributed by atoms with van der Waals surface area (Å²) < 4.78 is 4.88. The number of guanidine groups is 1. The van der Waals surface area contributed by atoms with Crippen molar-refractivity contribution in [1.29, 1.82) is 0 Å². The summed E-state index contributed by atoms with van der Waals surface area (Å²) in [5.41, 5.74) is 7.90. The number of hydrogen-bond donors (Lipinski definition) is 3. The van der Waals surface area contributed by atoms with Crippen molar-refractivity contribution < 1.29 is 4.74 Å². The van der Waals surface area contributed by atoms with Crippen LogP contribution in [0.15, 0.2) is 23.3 Å². The topological polar surface area (TPSA) is 84.6 Å². The molecule has 20 heavy (non-hydrogen) atoms. The van der Waals surface area contributed by atoms with Gasteiger partial charge in [-0.25, -0.2) is 0 Å². The van der Waals surface area contributed by atoms with Crippen molar-refractivity contribution in [2.24, 2.45) is 10.7 Å². The first-order chi connectivity index (χ1) is 9.63. The quantitative estimate of drug-likeness (QED) is 0.304. The van der Waals surface area contributed by atoms with E-state index in [1.807, 2.05) is 19.1 Å². The van der Waals surface area contributed by atoms with Crippen LogP contribution in [-0.2, 0) is 11.2 Å². The Balaban J connectivity index is 2.27. The van der Waals surface area contributed by atoms with Crippen molar-refractivity contribution in [2.45, 2.75) is 13.3 Å². The average Bonchev–Trinajstić information content (AvgIpc) is 2.41. The summed E-state index contributed by atoms with van der Waals surface area (Å²) in [6, 6.07) is 3.97. The molecule has 110 valence electrons. The lowest BCUT2D eigenvalue weighted by molar-refractivity contribution is 0.208. The molecule has 1 aromatic heterocycles. The molecule has 0 fully saturated rings. The van der Waals surface area contributed by atoms with E-state index in [0.717, 1.165) is 12.1 Å². The van der Waals surface area contributed by atoms with E-state index < -0.39 is 0 Å². The molecule has 1 heterocycles. The van der Waals surface area contributed by atoms with Crippen molar-refractivity contribution in [1.82, 2.24) is 15.6 Å². The molecule has 0 unspecified atom stereocenters. The monoisotopic (exact) mass is 295 g/mol. The van der Waals surface area contributed by atoms with Gasteiger partial charge in [0.1, 0.15) is 0 Å². The molecule has 0 atom stereocenters. The minimum atomic E-state index is 0.286. The molecule has 7 heteroatoms. The highest BCUT2D eigenvalue weighted by Gasteiger charge is 2.01. The summed E-state index contributed by atoms with van der Waals surface area (Å²) in [7, 11) is 1.62. The molecule has 0 bridgehead atoms. The number of rotatable bonds is 6. The van der Waals surface area contributed by atoms with Gasteiger partial charge in [0.2, 0.25) is 0 Å². The lowest BCUT2D eigenvalue weighted by Crippen LogP contribution is -2.44. The number of methoxy groups -OCH3 is 1. The van der Waals surface area contributed by atoms with Crippen LogP contribution >= 0.6 is 12.2 Å². The number of aliphatic imine (C=N–C) groups is 1. The Labute approximate surface area is 124 Å². The molecule has 1 aromatic rings. The van der Waals surface area contributed by atoms with Gasteiger partial charge in [0, 0.05) is 32.0 Å². The zero-order valence-corrected chi connectivity index (χ0v) is 12.7. The molecule has 6 nitrogen and oxygen atoms in total. The van der Waals surface area contributed by atoms with Gasteiger partial charge in [-0.05, 0) is 30.8 Å². The molecule has 1 rings (SSSR count). The number of nitrogens with zero attached hydrogens (tertiary/aromatic N) is 2. The largest absolute Gasteiger partial charge is 0.383 e. The van der Waals surface area contributed by atoms with E-state index in [0.29, 0.717) is 24.8 Å². The van der Waals surface area contributed by atoms with Gasteiger partial charge in [-0.15, -0.1) is 0 Å². The zero-order chi connectivity index (χ0) is 14.8. The second-order valence-electron chi connectivity index (χ2n) is 4.16. The summed E-state index contributed by atoms with van der Waals surface area (Å²) in [6.07, 6.45) is 2.59. The van der Waals surface area contributed by atoms with Crippen LogP contribution in [0.3, 0.4) is 0 Å². The van der Waals surface area contributed by atoms with Crippen LogP contribution in [-0.4, -0.2) is 42.9 Å². The number of aromatic nitrogens is 1. The van der Waals surface area contributed by atoms with Crippen LogP contribution in [0.1, 0.15) is 11.3 Å². The number of ether oxygens (including phenoxy) is 1. The average molecular weight is 295 g/mol. The van der Waals surface area contributed by atoms with Gasteiger partial charge in [-0.3, -0.25) is 9.98 Å². The Bertz CT molecular complexity index is 464. The van der Waals surface area contributed by atoms with Gasteiger partial charge in [-0.1, -0.05) is 6.07 Å². The summed E-state index contributed by atoms with van der Waals surface area (Å²) in [6.45, 7) is 3.76. The Morgan fingerprint density at radius 3 is 3.05 bits per heavy atom. The van der Waals surface area contributed by atoms with Crippen molar-refractivity contribution in [3.8, 4) is 0 Å². The highest BCUT2D eigenvalue weighted by molar-refractivity contribution is 7.80. The van der Waals surface area contributed by atoms with Gasteiger partial charge >= 0.3 is 0 Å². The zero-order valence-electron chi connectivity index (χ0n) is 11.8. The third kappa shape index (κ3) is 6.44. The van der Waals surface area contributed by atoms with E-state index in [1.165, 1.54) is 5.56 Å². The van der Waals surface area contributed by atoms with E-state index >= 15 is 0 Å². The number of nitrogens with two attached hydrogens (primary N) is 1. The Morgan fingerprint density at radius 1 is 1.55 bits per heavy atom. The molecule has 4 N–H and O–H groups in total. The van der Waals surface area contributed by atoms with Crippen LogP contribution < -0.4 is 16.4 Å². The molecule has 0 amide bonds.